The third kappa shape index (κ3) is 4.63. The zero-order valence-corrected chi connectivity index (χ0v) is 16.6. The van der Waals surface area contributed by atoms with E-state index in [2.05, 4.69) is 35.8 Å². The molecule has 1 heterocycles. The number of rotatable bonds is 3. The van der Waals surface area contributed by atoms with Crippen molar-refractivity contribution < 1.29 is 9.53 Å². The van der Waals surface area contributed by atoms with E-state index in [1.165, 1.54) is 23.4 Å². The largest absolute Gasteiger partial charge is 0.444 e. The van der Waals surface area contributed by atoms with E-state index < -0.39 is 5.60 Å². The van der Waals surface area contributed by atoms with E-state index in [1.807, 2.05) is 25.7 Å². The first kappa shape index (κ1) is 18.4. The maximum atomic E-state index is 12.2. The highest BCUT2D eigenvalue weighted by Crippen LogP contribution is 2.50. The van der Waals surface area contributed by atoms with Gasteiger partial charge in [0, 0.05) is 29.7 Å². The van der Waals surface area contributed by atoms with Crippen LogP contribution in [0.5, 0.6) is 0 Å². The van der Waals surface area contributed by atoms with Gasteiger partial charge in [0.25, 0.3) is 0 Å². The number of ether oxygens (including phenoxy) is 1. The number of nitrogens with zero attached hydrogens (tertiary/aromatic N) is 1. The van der Waals surface area contributed by atoms with Gasteiger partial charge >= 0.3 is 6.09 Å². The first-order valence-electron chi connectivity index (χ1n) is 9.17. The van der Waals surface area contributed by atoms with Crippen molar-refractivity contribution >= 4 is 23.5 Å². The lowest BCUT2D eigenvalue weighted by molar-refractivity contribution is -0.00859. The molecule has 1 aromatic rings. The zero-order valence-electron chi connectivity index (χ0n) is 15.8. The highest BCUT2D eigenvalue weighted by atomic mass is 32.2. The number of carbonyl (C=O) groups excluding carboxylic acids is 1. The third-order valence-electron chi connectivity index (χ3n) is 5.30. The molecular formula is C20H30N2O2S. The number of piperidine rings is 1. The standard InChI is InChI=1S/C20H30N2O2S/c1-19(2,3)24-18(23)22-11-9-20(10-12-22)13-16(14-20)21-15-5-7-17(25-4)8-6-15/h5-8,16,21H,9-14H2,1-4H3. The number of likely N-dealkylation sites (tertiary alicyclic amines) is 1. The van der Waals surface area contributed by atoms with Gasteiger partial charge in [0.05, 0.1) is 0 Å². The Morgan fingerprint density at radius 1 is 1.20 bits per heavy atom. The Morgan fingerprint density at radius 3 is 2.32 bits per heavy atom. The van der Waals surface area contributed by atoms with Crippen molar-refractivity contribution in [3.05, 3.63) is 24.3 Å². The molecule has 138 valence electrons. The van der Waals surface area contributed by atoms with Gasteiger partial charge in [-0.3, -0.25) is 0 Å². The average Bonchev–Trinajstić information content (AvgIpc) is 2.53. The average molecular weight is 363 g/mol. The second-order valence-electron chi connectivity index (χ2n) is 8.45. The smallest absolute Gasteiger partial charge is 0.410 e. The van der Waals surface area contributed by atoms with E-state index in [0.29, 0.717) is 11.5 Å². The lowest BCUT2D eigenvalue weighted by Crippen LogP contribution is -2.53. The molecule has 1 aromatic carbocycles. The van der Waals surface area contributed by atoms with Gasteiger partial charge in [-0.15, -0.1) is 11.8 Å². The normalized spacial score (nSPS) is 20.2. The molecule has 0 aromatic heterocycles. The molecule has 1 aliphatic heterocycles. The fraction of sp³-hybridized carbons (Fsp3) is 0.650. The Bertz CT molecular complexity index is 593. The van der Waals surface area contributed by atoms with Crippen LogP contribution in [-0.4, -0.2) is 42.0 Å². The lowest BCUT2D eigenvalue weighted by atomic mass is 9.60. The van der Waals surface area contributed by atoms with Crippen LogP contribution in [0.2, 0.25) is 0 Å². The van der Waals surface area contributed by atoms with E-state index in [-0.39, 0.29) is 6.09 Å². The number of carbonyl (C=O) groups is 1. The van der Waals surface area contributed by atoms with Crippen LogP contribution in [0.4, 0.5) is 10.5 Å². The van der Waals surface area contributed by atoms with Crippen LogP contribution in [0.25, 0.3) is 0 Å². The SMILES string of the molecule is CSc1ccc(NC2CC3(CCN(C(=O)OC(C)(C)C)CC3)C2)cc1. The number of nitrogens with one attached hydrogen (secondary N) is 1. The molecule has 1 amide bonds. The summed E-state index contributed by atoms with van der Waals surface area (Å²) in [5, 5.41) is 3.65. The maximum Gasteiger partial charge on any atom is 0.410 e. The van der Waals surface area contributed by atoms with E-state index in [1.54, 1.807) is 11.8 Å². The van der Waals surface area contributed by atoms with Gasteiger partial charge in [0.2, 0.25) is 0 Å². The monoisotopic (exact) mass is 362 g/mol. The molecule has 0 atom stereocenters. The summed E-state index contributed by atoms with van der Waals surface area (Å²) in [6.07, 6.45) is 6.54. The molecule has 0 radical (unpaired) electrons. The first-order valence-corrected chi connectivity index (χ1v) is 10.4. The topological polar surface area (TPSA) is 41.6 Å². The van der Waals surface area contributed by atoms with Crippen LogP contribution < -0.4 is 5.32 Å². The van der Waals surface area contributed by atoms with Crippen LogP contribution in [0.15, 0.2) is 29.2 Å². The summed E-state index contributed by atoms with van der Waals surface area (Å²) in [5.41, 5.74) is 1.22. The third-order valence-corrected chi connectivity index (χ3v) is 6.04. The van der Waals surface area contributed by atoms with Crippen molar-refractivity contribution in [1.82, 2.24) is 4.90 Å². The number of anilines is 1. The second kappa shape index (κ2) is 7.10. The van der Waals surface area contributed by atoms with Crippen LogP contribution >= 0.6 is 11.8 Å². The molecular weight excluding hydrogens is 332 g/mol. The quantitative estimate of drug-likeness (QED) is 0.768. The molecule has 1 spiro atoms. The highest BCUT2D eigenvalue weighted by Gasteiger charge is 2.46. The summed E-state index contributed by atoms with van der Waals surface area (Å²) in [6.45, 7) is 7.41. The Balaban J connectivity index is 1.44. The van der Waals surface area contributed by atoms with Crippen molar-refractivity contribution in [2.24, 2.45) is 5.41 Å². The summed E-state index contributed by atoms with van der Waals surface area (Å²) in [5.74, 6) is 0. The van der Waals surface area contributed by atoms with E-state index in [0.717, 1.165) is 25.9 Å². The van der Waals surface area contributed by atoms with E-state index in [4.69, 9.17) is 4.74 Å². The maximum absolute atomic E-state index is 12.2. The molecule has 1 N–H and O–H groups in total. The summed E-state index contributed by atoms with van der Waals surface area (Å²) >= 11 is 1.77. The lowest BCUT2D eigenvalue weighted by Gasteiger charge is -2.52. The van der Waals surface area contributed by atoms with Gasteiger partial charge in [0.1, 0.15) is 5.60 Å². The van der Waals surface area contributed by atoms with Gasteiger partial charge in [0.15, 0.2) is 0 Å². The van der Waals surface area contributed by atoms with Crippen LogP contribution in [0, 0.1) is 5.41 Å². The Hall–Kier alpha value is -1.36. The van der Waals surface area contributed by atoms with Gasteiger partial charge < -0.3 is 15.0 Å². The van der Waals surface area contributed by atoms with Crippen LogP contribution in [0.3, 0.4) is 0 Å². The summed E-state index contributed by atoms with van der Waals surface area (Å²) in [4.78, 5) is 15.3. The summed E-state index contributed by atoms with van der Waals surface area (Å²) in [7, 11) is 0. The number of thioether (sulfide) groups is 1. The molecule has 1 saturated heterocycles. The number of benzene rings is 1. The highest BCUT2D eigenvalue weighted by molar-refractivity contribution is 7.98. The molecule has 2 fully saturated rings. The van der Waals surface area contributed by atoms with Crippen LogP contribution in [0.1, 0.15) is 46.5 Å². The molecule has 1 saturated carbocycles. The fourth-order valence-electron chi connectivity index (χ4n) is 3.91. The molecule has 1 aliphatic carbocycles. The number of amides is 1. The Kier molecular flexibility index (Phi) is 5.24. The Morgan fingerprint density at radius 2 is 1.80 bits per heavy atom. The molecule has 0 bridgehead atoms. The number of hydrogen-bond acceptors (Lipinski definition) is 4. The molecule has 3 rings (SSSR count). The van der Waals surface area contributed by atoms with Gasteiger partial charge in [-0.05, 0) is 82.4 Å². The zero-order chi connectivity index (χ0) is 18.1. The van der Waals surface area contributed by atoms with Crippen molar-refractivity contribution in [2.75, 3.05) is 24.7 Å². The Labute approximate surface area is 155 Å². The minimum absolute atomic E-state index is 0.162. The van der Waals surface area contributed by atoms with Gasteiger partial charge in [-0.1, -0.05) is 0 Å². The first-order chi connectivity index (χ1) is 11.8. The fourth-order valence-corrected chi connectivity index (χ4v) is 4.32. The second-order valence-corrected chi connectivity index (χ2v) is 9.33. The van der Waals surface area contributed by atoms with Crippen molar-refractivity contribution in [3.8, 4) is 0 Å². The van der Waals surface area contributed by atoms with Crippen molar-refractivity contribution in [3.63, 3.8) is 0 Å². The molecule has 2 aliphatic rings. The van der Waals surface area contributed by atoms with Crippen molar-refractivity contribution in [1.29, 1.82) is 0 Å². The molecule has 25 heavy (non-hydrogen) atoms. The summed E-state index contributed by atoms with van der Waals surface area (Å²) in [6, 6.07) is 9.24. The summed E-state index contributed by atoms with van der Waals surface area (Å²) < 4.78 is 5.49. The minimum Gasteiger partial charge on any atom is -0.444 e. The predicted octanol–water partition coefficient (Wildman–Crippen LogP) is 5.00. The van der Waals surface area contributed by atoms with E-state index >= 15 is 0 Å². The molecule has 5 heteroatoms. The molecule has 0 unspecified atom stereocenters. The van der Waals surface area contributed by atoms with Gasteiger partial charge in [-0.2, -0.15) is 0 Å². The van der Waals surface area contributed by atoms with E-state index in [9.17, 15) is 4.79 Å². The van der Waals surface area contributed by atoms with Crippen molar-refractivity contribution in [2.45, 2.75) is 63.0 Å². The molecule has 4 nitrogen and oxygen atoms in total. The minimum atomic E-state index is -0.413. The van der Waals surface area contributed by atoms with Gasteiger partial charge in [-0.25, -0.2) is 4.79 Å². The number of hydrogen-bond donors (Lipinski definition) is 1. The predicted molar refractivity (Wildman–Crippen MR) is 104 cm³/mol. The van der Waals surface area contributed by atoms with Crippen LogP contribution in [-0.2, 0) is 4.74 Å².